The van der Waals surface area contributed by atoms with Crippen LogP contribution in [0.5, 0.6) is 0 Å². The van der Waals surface area contributed by atoms with E-state index >= 15 is 0 Å². The summed E-state index contributed by atoms with van der Waals surface area (Å²) in [5.74, 6) is -0.0780. The Morgan fingerprint density at radius 2 is 1.93 bits per heavy atom. The zero-order chi connectivity index (χ0) is 20.5. The van der Waals surface area contributed by atoms with Crippen molar-refractivity contribution in [1.82, 2.24) is 9.88 Å². The third-order valence-electron chi connectivity index (χ3n) is 5.50. The van der Waals surface area contributed by atoms with Crippen LogP contribution in [0.1, 0.15) is 34.5 Å². The van der Waals surface area contributed by atoms with Crippen LogP contribution in [-0.4, -0.2) is 29.2 Å². The van der Waals surface area contributed by atoms with Crippen LogP contribution < -0.4 is 10.2 Å². The van der Waals surface area contributed by atoms with E-state index in [0.29, 0.717) is 25.2 Å². The molecule has 0 radical (unpaired) electrons. The Morgan fingerprint density at radius 1 is 1.17 bits per heavy atom. The van der Waals surface area contributed by atoms with Gasteiger partial charge in [0.05, 0.1) is 11.2 Å². The first-order valence-electron chi connectivity index (χ1n) is 9.80. The average molecular weight is 408 g/mol. The summed E-state index contributed by atoms with van der Waals surface area (Å²) in [5, 5.41) is 4.00. The highest BCUT2D eigenvalue weighted by molar-refractivity contribution is 7.98. The maximum Gasteiger partial charge on any atom is 0.270 e. The van der Waals surface area contributed by atoms with Gasteiger partial charge in [0.1, 0.15) is 5.69 Å². The number of nitrogens with one attached hydrogen (secondary N) is 1. The number of rotatable bonds is 5. The molecule has 150 valence electrons. The van der Waals surface area contributed by atoms with Crippen molar-refractivity contribution in [2.24, 2.45) is 7.05 Å². The zero-order valence-electron chi connectivity index (χ0n) is 17.0. The van der Waals surface area contributed by atoms with Crippen molar-refractivity contribution in [2.45, 2.75) is 31.2 Å². The molecule has 0 atom stereocenters. The molecule has 29 heavy (non-hydrogen) atoms. The van der Waals surface area contributed by atoms with E-state index in [1.165, 1.54) is 4.90 Å². The number of anilines is 1. The molecular formula is C23H25N3O2S. The van der Waals surface area contributed by atoms with E-state index in [9.17, 15) is 9.59 Å². The lowest BCUT2D eigenvalue weighted by molar-refractivity contribution is -0.117. The molecule has 0 spiro atoms. The van der Waals surface area contributed by atoms with Gasteiger partial charge in [-0.2, -0.15) is 0 Å². The van der Waals surface area contributed by atoms with Crippen LogP contribution in [0.15, 0.2) is 47.4 Å². The minimum atomic E-state index is -0.162. The van der Waals surface area contributed by atoms with Crippen molar-refractivity contribution in [1.29, 1.82) is 0 Å². The van der Waals surface area contributed by atoms with Crippen LogP contribution in [0.2, 0.25) is 0 Å². The van der Waals surface area contributed by atoms with Crippen LogP contribution in [0.4, 0.5) is 5.69 Å². The van der Waals surface area contributed by atoms with Crippen LogP contribution in [0.3, 0.4) is 0 Å². The minimum Gasteiger partial charge on any atom is -0.347 e. The molecule has 1 aliphatic heterocycles. The summed E-state index contributed by atoms with van der Waals surface area (Å²) in [7, 11) is 1.89. The van der Waals surface area contributed by atoms with E-state index in [1.54, 1.807) is 16.7 Å². The van der Waals surface area contributed by atoms with Gasteiger partial charge in [-0.25, -0.2) is 0 Å². The molecule has 0 saturated carbocycles. The van der Waals surface area contributed by atoms with Gasteiger partial charge < -0.3 is 14.8 Å². The summed E-state index contributed by atoms with van der Waals surface area (Å²) in [6.45, 7) is 3.13. The molecule has 1 N–H and O–H groups in total. The number of aryl methyl sites for hydroxylation is 2. The van der Waals surface area contributed by atoms with E-state index in [4.69, 9.17) is 0 Å². The average Bonchev–Trinajstić information content (AvgIpc) is 3.26. The maximum absolute atomic E-state index is 13.2. The number of thioether (sulfide) groups is 1. The van der Waals surface area contributed by atoms with Crippen LogP contribution in [0.25, 0.3) is 10.9 Å². The molecule has 2 heterocycles. The van der Waals surface area contributed by atoms with Gasteiger partial charge in [-0.3, -0.25) is 9.59 Å². The number of aromatic nitrogens is 1. The first-order valence-corrected chi connectivity index (χ1v) is 11.0. The van der Waals surface area contributed by atoms with Crippen molar-refractivity contribution in [3.05, 3.63) is 59.3 Å². The van der Waals surface area contributed by atoms with E-state index < -0.39 is 0 Å². The molecule has 3 aromatic rings. The molecular weight excluding hydrogens is 382 g/mol. The fourth-order valence-electron chi connectivity index (χ4n) is 3.97. The Labute approximate surface area is 175 Å². The molecule has 1 saturated heterocycles. The Kier molecular flexibility index (Phi) is 5.37. The Balaban J connectivity index is 1.70. The highest BCUT2D eigenvalue weighted by atomic mass is 32.2. The molecule has 0 unspecified atom stereocenters. The maximum atomic E-state index is 13.2. The number of hydrogen-bond donors (Lipinski definition) is 1. The highest BCUT2D eigenvalue weighted by Crippen LogP contribution is 2.36. The zero-order valence-corrected chi connectivity index (χ0v) is 17.8. The highest BCUT2D eigenvalue weighted by Gasteiger charge is 2.31. The van der Waals surface area contributed by atoms with Crippen molar-refractivity contribution < 1.29 is 9.59 Å². The summed E-state index contributed by atoms with van der Waals surface area (Å²) < 4.78 is 1.90. The topological polar surface area (TPSA) is 54.3 Å². The lowest BCUT2D eigenvalue weighted by atomic mass is 10.1. The van der Waals surface area contributed by atoms with E-state index in [1.807, 2.05) is 49.1 Å². The number of carbonyl (C=O) groups is 2. The van der Waals surface area contributed by atoms with Gasteiger partial charge in [-0.05, 0) is 49.4 Å². The van der Waals surface area contributed by atoms with E-state index in [-0.39, 0.29) is 11.8 Å². The quantitative estimate of drug-likeness (QED) is 0.643. The molecule has 2 aromatic carbocycles. The van der Waals surface area contributed by atoms with Crippen LogP contribution in [0, 0.1) is 6.92 Å². The fourth-order valence-corrected chi connectivity index (χ4v) is 4.37. The van der Waals surface area contributed by atoms with Gasteiger partial charge in [-0.1, -0.05) is 23.8 Å². The van der Waals surface area contributed by atoms with Gasteiger partial charge >= 0.3 is 0 Å². The van der Waals surface area contributed by atoms with Crippen molar-refractivity contribution in [3.8, 4) is 0 Å². The first kappa shape index (κ1) is 19.6. The second-order valence-corrected chi connectivity index (χ2v) is 8.34. The molecule has 6 heteroatoms. The molecule has 5 nitrogen and oxygen atoms in total. The lowest BCUT2D eigenvalue weighted by Crippen LogP contribution is -2.30. The largest absolute Gasteiger partial charge is 0.347 e. The molecule has 0 aliphatic carbocycles. The number of hydrogen-bond acceptors (Lipinski definition) is 3. The molecule has 0 bridgehead atoms. The smallest absolute Gasteiger partial charge is 0.270 e. The predicted octanol–water partition coefficient (Wildman–Crippen LogP) is 4.27. The van der Waals surface area contributed by atoms with Crippen molar-refractivity contribution >= 4 is 40.2 Å². The molecule has 4 rings (SSSR count). The van der Waals surface area contributed by atoms with Gasteiger partial charge in [-0.15, -0.1) is 11.8 Å². The van der Waals surface area contributed by atoms with Gasteiger partial charge in [0.15, 0.2) is 0 Å². The summed E-state index contributed by atoms with van der Waals surface area (Å²) in [6, 6.07) is 14.3. The molecule has 1 aliphatic rings. The lowest BCUT2D eigenvalue weighted by Gasteiger charge is -2.18. The summed E-state index contributed by atoms with van der Waals surface area (Å²) in [6.07, 6.45) is 3.40. The fraction of sp³-hybridized carbons (Fsp3) is 0.304. The number of benzene rings is 2. The normalized spacial score (nSPS) is 14.0. The van der Waals surface area contributed by atoms with E-state index in [0.717, 1.165) is 34.1 Å². The Morgan fingerprint density at radius 3 is 2.59 bits per heavy atom. The van der Waals surface area contributed by atoms with Gasteiger partial charge in [0.2, 0.25) is 5.91 Å². The minimum absolute atomic E-state index is 0.0840. The third-order valence-corrected chi connectivity index (χ3v) is 6.24. The number of amides is 2. The standard InChI is InChI=1S/C23H25N3O2S/c1-15-6-11-19-18(13-15)21(26-12-4-5-20(26)27)22(25(19)2)23(28)24-14-16-7-9-17(29-3)10-8-16/h6-11,13H,4-5,12,14H2,1-3H3,(H,24,28). The Bertz CT molecular complexity index is 1090. The van der Waals surface area contributed by atoms with Gasteiger partial charge in [0.25, 0.3) is 5.91 Å². The number of carbonyl (C=O) groups excluding carboxylic acids is 2. The molecule has 1 aromatic heterocycles. The van der Waals surface area contributed by atoms with E-state index in [2.05, 4.69) is 23.5 Å². The molecule has 2 amide bonds. The number of nitrogens with zero attached hydrogens (tertiary/aromatic N) is 2. The molecule has 1 fully saturated rings. The SMILES string of the molecule is CSc1ccc(CNC(=O)c2c(N3CCCC3=O)c3cc(C)ccc3n2C)cc1. The summed E-state index contributed by atoms with van der Waals surface area (Å²) in [5.41, 5.74) is 4.40. The summed E-state index contributed by atoms with van der Waals surface area (Å²) >= 11 is 1.69. The second-order valence-electron chi connectivity index (χ2n) is 7.46. The van der Waals surface area contributed by atoms with Crippen LogP contribution >= 0.6 is 11.8 Å². The van der Waals surface area contributed by atoms with Gasteiger partial charge in [0, 0.05) is 36.8 Å². The number of fused-ring (bicyclic) bond motifs is 1. The van der Waals surface area contributed by atoms with Crippen LogP contribution in [-0.2, 0) is 18.4 Å². The van der Waals surface area contributed by atoms with Crippen molar-refractivity contribution in [2.75, 3.05) is 17.7 Å². The predicted molar refractivity (Wildman–Crippen MR) is 119 cm³/mol. The first-order chi connectivity index (χ1) is 14.0. The summed E-state index contributed by atoms with van der Waals surface area (Å²) in [4.78, 5) is 28.7. The third kappa shape index (κ3) is 3.65. The monoisotopic (exact) mass is 407 g/mol. The Hall–Kier alpha value is -2.73. The second kappa shape index (κ2) is 7.95. The van der Waals surface area contributed by atoms with Crippen molar-refractivity contribution in [3.63, 3.8) is 0 Å².